The number of aromatic hydroxyl groups is 1. The van der Waals surface area contributed by atoms with Crippen molar-refractivity contribution in [3.8, 4) is 5.75 Å². The molecule has 2 aromatic carbocycles. The largest absolute Gasteiger partial charge is 0.507 e. The minimum absolute atomic E-state index is 0.00517. The van der Waals surface area contributed by atoms with Gasteiger partial charge in [-0.2, -0.15) is 0 Å². The van der Waals surface area contributed by atoms with E-state index in [1.54, 1.807) is 32.0 Å². The molecule has 0 aliphatic rings. The molecule has 0 aliphatic carbocycles. The van der Waals surface area contributed by atoms with E-state index < -0.39 is 18.5 Å². The number of ether oxygens (including phenoxy) is 1. The van der Waals surface area contributed by atoms with Gasteiger partial charge in [0.25, 0.3) is 5.91 Å². The minimum Gasteiger partial charge on any atom is -0.507 e. The molecule has 2 rings (SSSR count). The Labute approximate surface area is 149 Å². The van der Waals surface area contributed by atoms with Gasteiger partial charge in [0.2, 0.25) is 0 Å². The van der Waals surface area contributed by atoms with E-state index in [0.717, 1.165) is 11.1 Å². The molecule has 0 saturated heterocycles. The van der Waals surface area contributed by atoms with Gasteiger partial charge in [0.1, 0.15) is 11.3 Å². The Hall–Kier alpha value is -2.24. The van der Waals surface area contributed by atoms with Crippen LogP contribution in [0.4, 0.5) is 5.69 Å². The Balaban J connectivity index is 2.03. The summed E-state index contributed by atoms with van der Waals surface area (Å²) in [7, 11) is 0. The summed E-state index contributed by atoms with van der Waals surface area (Å²) < 4.78 is 4.91. The first-order valence-corrected chi connectivity index (χ1v) is 7.76. The van der Waals surface area contributed by atoms with E-state index in [0.29, 0.717) is 5.02 Å². The highest BCUT2D eigenvalue weighted by Crippen LogP contribution is 2.32. The fourth-order valence-corrected chi connectivity index (χ4v) is 2.43. The number of amides is 1. The Kier molecular flexibility index (Phi) is 5.70. The number of phenolic OH excluding ortho intramolecular Hbond substituents is 1. The number of carbonyl (C=O) groups excluding carboxylic acids is 2. The van der Waals surface area contributed by atoms with Gasteiger partial charge in [-0.05, 0) is 37.6 Å². The molecule has 0 radical (unpaired) electrons. The van der Waals surface area contributed by atoms with Crippen molar-refractivity contribution in [3.05, 3.63) is 57.1 Å². The lowest BCUT2D eigenvalue weighted by atomic mass is 10.1. The molecule has 0 spiro atoms. The molecular weight excluding hydrogens is 353 g/mol. The Morgan fingerprint density at radius 2 is 1.88 bits per heavy atom. The fraction of sp³-hybridized carbons (Fsp3) is 0.176. The molecule has 2 N–H and O–H groups in total. The van der Waals surface area contributed by atoms with Crippen molar-refractivity contribution in [1.29, 1.82) is 0 Å². The Bertz CT molecular complexity index is 805. The summed E-state index contributed by atoms with van der Waals surface area (Å²) in [5, 5.41) is 12.8. The summed E-state index contributed by atoms with van der Waals surface area (Å²) in [5.74, 6) is -1.60. The van der Waals surface area contributed by atoms with Crippen molar-refractivity contribution >= 4 is 40.8 Å². The first-order chi connectivity index (χ1) is 11.3. The first-order valence-electron chi connectivity index (χ1n) is 7.00. The number of hydrogen-bond donors (Lipinski definition) is 2. The van der Waals surface area contributed by atoms with Gasteiger partial charge in [-0.1, -0.05) is 40.9 Å². The first kappa shape index (κ1) is 18.1. The van der Waals surface area contributed by atoms with Gasteiger partial charge < -0.3 is 15.2 Å². The van der Waals surface area contributed by atoms with Crippen LogP contribution in [0.2, 0.25) is 10.0 Å². The lowest BCUT2D eigenvalue weighted by molar-refractivity contribution is -0.119. The monoisotopic (exact) mass is 367 g/mol. The molecule has 0 saturated carbocycles. The number of anilines is 1. The molecule has 1 amide bonds. The molecule has 24 heavy (non-hydrogen) atoms. The van der Waals surface area contributed by atoms with Crippen LogP contribution < -0.4 is 5.32 Å². The smallest absolute Gasteiger partial charge is 0.342 e. The normalized spacial score (nSPS) is 10.3. The van der Waals surface area contributed by atoms with Crippen LogP contribution in [0.3, 0.4) is 0 Å². The molecule has 0 fully saturated rings. The van der Waals surface area contributed by atoms with Crippen LogP contribution in [0, 0.1) is 13.8 Å². The molecule has 7 heteroatoms. The summed E-state index contributed by atoms with van der Waals surface area (Å²) in [4.78, 5) is 23.9. The van der Waals surface area contributed by atoms with Gasteiger partial charge in [0.05, 0.1) is 15.7 Å². The van der Waals surface area contributed by atoms with Gasteiger partial charge in [-0.3, -0.25) is 4.79 Å². The molecule has 2 aromatic rings. The second-order valence-corrected chi connectivity index (χ2v) is 5.98. The quantitative estimate of drug-likeness (QED) is 0.797. The third-order valence-corrected chi connectivity index (χ3v) is 4.06. The average molecular weight is 368 g/mol. The third-order valence-electron chi connectivity index (χ3n) is 3.25. The van der Waals surface area contributed by atoms with Crippen LogP contribution in [0.5, 0.6) is 5.75 Å². The van der Waals surface area contributed by atoms with Crippen molar-refractivity contribution in [3.63, 3.8) is 0 Å². The highest BCUT2D eigenvalue weighted by molar-refractivity contribution is 6.40. The number of carbonyl (C=O) groups is 2. The molecule has 0 aliphatic heterocycles. The highest BCUT2D eigenvalue weighted by atomic mass is 35.5. The number of phenols is 1. The van der Waals surface area contributed by atoms with Crippen molar-refractivity contribution in [2.24, 2.45) is 0 Å². The van der Waals surface area contributed by atoms with E-state index in [2.05, 4.69) is 5.32 Å². The van der Waals surface area contributed by atoms with Crippen LogP contribution in [0.15, 0.2) is 30.3 Å². The number of halogens is 2. The maximum Gasteiger partial charge on any atom is 0.342 e. The number of esters is 1. The zero-order valence-corrected chi connectivity index (χ0v) is 14.5. The van der Waals surface area contributed by atoms with E-state index in [4.69, 9.17) is 27.9 Å². The zero-order valence-electron chi connectivity index (χ0n) is 13.0. The van der Waals surface area contributed by atoms with Crippen molar-refractivity contribution in [2.75, 3.05) is 11.9 Å². The summed E-state index contributed by atoms with van der Waals surface area (Å²) in [6.45, 7) is 3.01. The maximum atomic E-state index is 11.9. The van der Waals surface area contributed by atoms with E-state index in [-0.39, 0.29) is 22.0 Å². The fourth-order valence-electron chi connectivity index (χ4n) is 1.97. The average Bonchev–Trinajstić information content (AvgIpc) is 2.55. The molecule has 126 valence electrons. The van der Waals surface area contributed by atoms with Gasteiger partial charge in [-0.15, -0.1) is 0 Å². The van der Waals surface area contributed by atoms with E-state index >= 15 is 0 Å². The molecular formula is C17H15Cl2NO4. The van der Waals surface area contributed by atoms with Crippen LogP contribution in [0.1, 0.15) is 21.5 Å². The number of benzene rings is 2. The Morgan fingerprint density at radius 1 is 1.17 bits per heavy atom. The zero-order chi connectivity index (χ0) is 17.9. The Morgan fingerprint density at radius 3 is 2.58 bits per heavy atom. The third kappa shape index (κ3) is 4.19. The van der Waals surface area contributed by atoms with Gasteiger partial charge in [0.15, 0.2) is 6.61 Å². The van der Waals surface area contributed by atoms with E-state index in [1.165, 1.54) is 12.1 Å². The van der Waals surface area contributed by atoms with Crippen LogP contribution >= 0.6 is 23.2 Å². The summed E-state index contributed by atoms with van der Waals surface area (Å²) in [6, 6.07) is 7.85. The van der Waals surface area contributed by atoms with Crippen LogP contribution in [-0.2, 0) is 9.53 Å². The second-order valence-electron chi connectivity index (χ2n) is 5.20. The number of rotatable bonds is 4. The SMILES string of the molecule is Cc1ccc(O)c(C(=O)OCC(=O)Nc2c(Cl)ccc(C)c2Cl)c1. The topological polar surface area (TPSA) is 75.6 Å². The number of hydrogen-bond acceptors (Lipinski definition) is 4. The predicted molar refractivity (Wildman–Crippen MR) is 93.0 cm³/mol. The standard InChI is InChI=1S/C17H15Cl2NO4/c1-9-3-6-13(21)11(7-9)17(23)24-8-14(22)20-16-12(18)5-4-10(2)15(16)19/h3-7,21H,8H2,1-2H3,(H,20,22). The summed E-state index contributed by atoms with van der Waals surface area (Å²) in [5.41, 5.74) is 1.78. The molecule has 5 nitrogen and oxygen atoms in total. The molecule has 0 bridgehead atoms. The van der Waals surface area contributed by atoms with Crippen LogP contribution in [-0.4, -0.2) is 23.6 Å². The van der Waals surface area contributed by atoms with E-state index in [1.807, 2.05) is 0 Å². The van der Waals surface area contributed by atoms with Crippen molar-refractivity contribution in [1.82, 2.24) is 0 Å². The second kappa shape index (κ2) is 7.55. The molecule has 0 aromatic heterocycles. The molecule has 0 heterocycles. The molecule has 0 atom stereocenters. The summed E-state index contributed by atoms with van der Waals surface area (Å²) in [6.07, 6.45) is 0. The van der Waals surface area contributed by atoms with Crippen molar-refractivity contribution < 1.29 is 19.4 Å². The highest BCUT2D eigenvalue weighted by Gasteiger charge is 2.16. The van der Waals surface area contributed by atoms with Gasteiger partial charge >= 0.3 is 5.97 Å². The number of aryl methyl sites for hydroxylation is 2. The molecule has 0 unspecified atom stereocenters. The van der Waals surface area contributed by atoms with Crippen molar-refractivity contribution in [2.45, 2.75) is 13.8 Å². The van der Waals surface area contributed by atoms with Gasteiger partial charge in [0, 0.05) is 0 Å². The lowest BCUT2D eigenvalue weighted by Crippen LogP contribution is -2.21. The van der Waals surface area contributed by atoms with E-state index in [9.17, 15) is 14.7 Å². The summed E-state index contributed by atoms with van der Waals surface area (Å²) >= 11 is 12.1. The number of nitrogens with one attached hydrogen (secondary N) is 1. The van der Waals surface area contributed by atoms with Gasteiger partial charge in [-0.25, -0.2) is 4.79 Å². The predicted octanol–water partition coefficient (Wildman–Crippen LogP) is 4.11. The lowest BCUT2D eigenvalue weighted by Gasteiger charge is -2.11. The van der Waals surface area contributed by atoms with Crippen LogP contribution in [0.25, 0.3) is 0 Å². The minimum atomic E-state index is -0.798. The maximum absolute atomic E-state index is 11.9.